The van der Waals surface area contributed by atoms with Gasteiger partial charge in [0.05, 0.1) is 6.54 Å². The molecule has 16 heavy (non-hydrogen) atoms. The molecule has 2 unspecified atom stereocenters. The number of aryl methyl sites for hydroxylation is 1. The fourth-order valence-corrected chi connectivity index (χ4v) is 3.99. The van der Waals surface area contributed by atoms with Gasteiger partial charge in [-0.15, -0.1) is 11.3 Å². The maximum absolute atomic E-state index is 6.08. The third-order valence-electron chi connectivity index (χ3n) is 3.91. The van der Waals surface area contributed by atoms with Crippen molar-refractivity contribution in [3.8, 4) is 0 Å². The van der Waals surface area contributed by atoms with Crippen LogP contribution in [0.3, 0.4) is 0 Å². The molecule has 0 radical (unpaired) electrons. The fraction of sp³-hybridized carbons (Fsp3) is 0.750. The van der Waals surface area contributed by atoms with Crippen molar-refractivity contribution in [2.45, 2.75) is 57.3 Å². The van der Waals surface area contributed by atoms with Gasteiger partial charge in [0.25, 0.3) is 0 Å². The van der Waals surface area contributed by atoms with E-state index in [0.717, 1.165) is 24.3 Å². The zero-order chi connectivity index (χ0) is 11.1. The Morgan fingerprint density at radius 3 is 2.69 bits per heavy atom. The zero-order valence-corrected chi connectivity index (χ0v) is 10.5. The molecule has 0 saturated carbocycles. The van der Waals surface area contributed by atoms with Crippen molar-refractivity contribution in [2.24, 2.45) is 5.73 Å². The summed E-state index contributed by atoms with van der Waals surface area (Å²) >= 11 is 1.79. The SMILES string of the molecule is Cc1csc(CN2C3CCC2CC(N)C3)n1. The molecule has 2 saturated heterocycles. The molecule has 0 amide bonds. The first-order valence-corrected chi connectivity index (χ1v) is 7.02. The maximum Gasteiger partial charge on any atom is 0.107 e. The Hall–Kier alpha value is -0.450. The normalized spacial score (nSPS) is 34.5. The molecule has 2 aliphatic rings. The number of fused-ring (bicyclic) bond motifs is 2. The van der Waals surface area contributed by atoms with Crippen LogP contribution in [0.5, 0.6) is 0 Å². The summed E-state index contributed by atoms with van der Waals surface area (Å²) in [5, 5.41) is 3.41. The first-order chi connectivity index (χ1) is 7.72. The van der Waals surface area contributed by atoms with Crippen molar-refractivity contribution >= 4 is 11.3 Å². The van der Waals surface area contributed by atoms with Crippen LogP contribution < -0.4 is 5.73 Å². The molecule has 0 aromatic carbocycles. The van der Waals surface area contributed by atoms with Gasteiger partial charge < -0.3 is 5.73 Å². The van der Waals surface area contributed by atoms with Gasteiger partial charge in [-0.25, -0.2) is 4.98 Å². The summed E-state index contributed by atoms with van der Waals surface area (Å²) in [6.07, 6.45) is 5.03. The average Bonchev–Trinajstić information content (AvgIpc) is 2.72. The summed E-state index contributed by atoms with van der Waals surface area (Å²) in [7, 11) is 0. The van der Waals surface area contributed by atoms with Crippen LogP contribution in [0.1, 0.15) is 36.4 Å². The Balaban J connectivity index is 1.72. The van der Waals surface area contributed by atoms with Crippen molar-refractivity contribution in [3.63, 3.8) is 0 Å². The van der Waals surface area contributed by atoms with Crippen LogP contribution in [-0.4, -0.2) is 28.0 Å². The van der Waals surface area contributed by atoms with Crippen molar-refractivity contribution in [1.29, 1.82) is 0 Å². The lowest BCUT2D eigenvalue weighted by Crippen LogP contribution is -2.46. The lowest BCUT2D eigenvalue weighted by molar-refractivity contribution is 0.120. The van der Waals surface area contributed by atoms with E-state index in [1.807, 2.05) is 0 Å². The number of nitrogens with two attached hydrogens (primary N) is 1. The Kier molecular flexibility index (Phi) is 2.73. The summed E-state index contributed by atoms with van der Waals surface area (Å²) in [5.74, 6) is 0. The molecule has 0 spiro atoms. The topological polar surface area (TPSA) is 42.1 Å². The summed E-state index contributed by atoms with van der Waals surface area (Å²) in [4.78, 5) is 7.21. The molecule has 2 bridgehead atoms. The predicted molar refractivity (Wildman–Crippen MR) is 66.4 cm³/mol. The van der Waals surface area contributed by atoms with Gasteiger partial charge in [0.2, 0.25) is 0 Å². The van der Waals surface area contributed by atoms with Gasteiger partial charge in [0, 0.05) is 29.2 Å². The number of rotatable bonds is 2. The summed E-state index contributed by atoms with van der Waals surface area (Å²) < 4.78 is 0. The summed E-state index contributed by atoms with van der Waals surface area (Å²) in [6, 6.07) is 1.88. The highest BCUT2D eigenvalue weighted by molar-refractivity contribution is 7.09. The number of nitrogens with zero attached hydrogens (tertiary/aromatic N) is 2. The van der Waals surface area contributed by atoms with Gasteiger partial charge in [0.15, 0.2) is 0 Å². The predicted octanol–water partition coefficient (Wildman–Crippen LogP) is 1.91. The lowest BCUT2D eigenvalue weighted by Gasteiger charge is -2.37. The Morgan fingerprint density at radius 2 is 2.12 bits per heavy atom. The van der Waals surface area contributed by atoms with Gasteiger partial charge in [-0.05, 0) is 32.6 Å². The van der Waals surface area contributed by atoms with Gasteiger partial charge in [-0.3, -0.25) is 4.90 Å². The van der Waals surface area contributed by atoms with Gasteiger partial charge in [-0.2, -0.15) is 0 Å². The van der Waals surface area contributed by atoms with E-state index in [-0.39, 0.29) is 0 Å². The highest BCUT2D eigenvalue weighted by Crippen LogP contribution is 2.36. The average molecular weight is 237 g/mol. The van der Waals surface area contributed by atoms with Crippen LogP contribution in [0.15, 0.2) is 5.38 Å². The zero-order valence-electron chi connectivity index (χ0n) is 9.72. The van der Waals surface area contributed by atoms with Crippen molar-refractivity contribution < 1.29 is 0 Å². The summed E-state index contributed by atoms with van der Waals surface area (Å²) in [6.45, 7) is 3.11. The second kappa shape index (κ2) is 4.09. The Morgan fingerprint density at radius 1 is 1.44 bits per heavy atom. The van der Waals surface area contributed by atoms with Crippen LogP contribution in [0.2, 0.25) is 0 Å². The molecule has 3 heterocycles. The molecule has 3 rings (SSSR count). The van der Waals surface area contributed by atoms with E-state index in [4.69, 9.17) is 5.73 Å². The standard InChI is InChI=1S/C12H19N3S/c1-8-7-16-12(14-8)6-15-10-2-3-11(15)5-9(13)4-10/h7,9-11H,2-6,13H2,1H3. The van der Waals surface area contributed by atoms with Gasteiger partial charge >= 0.3 is 0 Å². The Labute approximate surface area is 101 Å². The quantitative estimate of drug-likeness (QED) is 0.854. The molecule has 2 N–H and O–H groups in total. The molecular formula is C12H19N3S. The minimum Gasteiger partial charge on any atom is -0.328 e. The van der Waals surface area contributed by atoms with Gasteiger partial charge in [-0.1, -0.05) is 0 Å². The van der Waals surface area contributed by atoms with E-state index < -0.39 is 0 Å². The molecule has 1 aromatic rings. The molecule has 4 heteroatoms. The first kappa shape index (κ1) is 10.7. The molecule has 0 aliphatic carbocycles. The van der Waals surface area contributed by atoms with Gasteiger partial charge in [0.1, 0.15) is 5.01 Å². The molecule has 88 valence electrons. The van der Waals surface area contributed by atoms with Crippen LogP contribution in [0.4, 0.5) is 0 Å². The van der Waals surface area contributed by atoms with Crippen LogP contribution in [0, 0.1) is 6.92 Å². The fourth-order valence-electron chi connectivity index (χ4n) is 3.21. The van der Waals surface area contributed by atoms with E-state index >= 15 is 0 Å². The van der Waals surface area contributed by atoms with E-state index in [1.54, 1.807) is 11.3 Å². The number of hydrogen-bond donors (Lipinski definition) is 1. The highest BCUT2D eigenvalue weighted by Gasteiger charge is 2.39. The molecule has 2 atom stereocenters. The smallest absolute Gasteiger partial charge is 0.107 e. The number of piperidine rings is 1. The summed E-state index contributed by atoms with van der Waals surface area (Å²) in [5.41, 5.74) is 7.23. The molecule has 2 fully saturated rings. The number of thiazole rings is 1. The first-order valence-electron chi connectivity index (χ1n) is 6.14. The third-order valence-corrected chi connectivity index (χ3v) is 4.86. The number of aromatic nitrogens is 1. The largest absolute Gasteiger partial charge is 0.328 e. The van der Waals surface area contributed by atoms with Crippen LogP contribution in [-0.2, 0) is 6.54 Å². The van der Waals surface area contributed by atoms with Crippen molar-refractivity contribution in [1.82, 2.24) is 9.88 Å². The minimum atomic E-state index is 0.437. The monoisotopic (exact) mass is 237 g/mol. The van der Waals surface area contributed by atoms with E-state index in [9.17, 15) is 0 Å². The second-order valence-corrected chi connectivity index (χ2v) is 6.11. The third kappa shape index (κ3) is 1.90. The maximum atomic E-state index is 6.08. The molecule has 1 aromatic heterocycles. The van der Waals surface area contributed by atoms with E-state index in [2.05, 4.69) is 22.2 Å². The highest BCUT2D eigenvalue weighted by atomic mass is 32.1. The Bertz CT molecular complexity index is 362. The van der Waals surface area contributed by atoms with E-state index in [0.29, 0.717) is 6.04 Å². The number of hydrogen-bond acceptors (Lipinski definition) is 4. The molecule has 2 aliphatic heterocycles. The van der Waals surface area contributed by atoms with Crippen molar-refractivity contribution in [3.05, 3.63) is 16.1 Å². The second-order valence-electron chi connectivity index (χ2n) is 5.17. The lowest BCUT2D eigenvalue weighted by atomic mass is 9.98. The molecule has 3 nitrogen and oxygen atoms in total. The van der Waals surface area contributed by atoms with E-state index in [1.165, 1.54) is 30.7 Å². The molecular weight excluding hydrogens is 218 g/mol. The van der Waals surface area contributed by atoms with Crippen LogP contribution >= 0.6 is 11.3 Å². The van der Waals surface area contributed by atoms with Crippen molar-refractivity contribution in [2.75, 3.05) is 0 Å². The minimum absolute atomic E-state index is 0.437. The van der Waals surface area contributed by atoms with Crippen LogP contribution in [0.25, 0.3) is 0 Å².